The van der Waals surface area contributed by atoms with Gasteiger partial charge in [0.2, 0.25) is 0 Å². The minimum Gasteiger partial charge on any atom is -0.255 e. The van der Waals surface area contributed by atoms with E-state index in [9.17, 15) is 0 Å². The Bertz CT molecular complexity index is 299. The van der Waals surface area contributed by atoms with Crippen molar-refractivity contribution >= 4 is 42.8 Å². The lowest BCUT2D eigenvalue weighted by molar-refractivity contribution is 1.23. The minimum atomic E-state index is -0.173. The first-order valence-electron chi connectivity index (χ1n) is 2.62. The van der Waals surface area contributed by atoms with E-state index >= 15 is 0 Å². The lowest BCUT2D eigenvalue weighted by Crippen LogP contribution is -1.87. The lowest BCUT2D eigenvalue weighted by Gasteiger charge is -1.93. The highest BCUT2D eigenvalue weighted by atomic mass is 127. The number of rotatable bonds is 0. The second kappa shape index (κ2) is 2.54. The van der Waals surface area contributed by atoms with Crippen molar-refractivity contribution in [2.75, 3.05) is 5.43 Å². The summed E-state index contributed by atoms with van der Waals surface area (Å²) in [6, 6.07) is 2.07. The van der Waals surface area contributed by atoms with E-state index in [2.05, 4.69) is 35.7 Å². The molecule has 3 nitrogen and oxygen atoms in total. The van der Waals surface area contributed by atoms with E-state index in [-0.39, 0.29) is 21.0 Å². The zero-order valence-electron chi connectivity index (χ0n) is 4.81. The van der Waals surface area contributed by atoms with Crippen molar-refractivity contribution in [2.24, 2.45) is 3.25 Å². The molecule has 2 rings (SSSR count). The third-order valence-corrected chi connectivity index (χ3v) is 3.35. The van der Waals surface area contributed by atoms with Crippen molar-refractivity contribution in [1.29, 1.82) is 0 Å². The van der Waals surface area contributed by atoms with Crippen molar-refractivity contribution < 1.29 is 0 Å². The van der Waals surface area contributed by atoms with Gasteiger partial charge in [0.25, 0.3) is 0 Å². The van der Waals surface area contributed by atoms with Crippen molar-refractivity contribution in [3.05, 3.63) is 20.3 Å². The summed E-state index contributed by atoms with van der Waals surface area (Å²) in [6.45, 7) is 0. The Morgan fingerprint density at radius 2 is 2.50 bits per heavy atom. The molecule has 0 spiro atoms. The molecule has 10 heavy (non-hydrogen) atoms. The molecule has 0 atom stereocenters. The van der Waals surface area contributed by atoms with Crippen molar-refractivity contribution in [3.63, 3.8) is 0 Å². The van der Waals surface area contributed by atoms with Gasteiger partial charge in [-0.2, -0.15) is 0 Å². The van der Waals surface area contributed by atoms with Gasteiger partial charge in [-0.15, -0.1) is 3.25 Å². The minimum absolute atomic E-state index is 0.173. The molecule has 52 valence electrons. The molecule has 5 heteroatoms. The van der Waals surface area contributed by atoms with Crippen LogP contribution in [0.5, 0.6) is 0 Å². The Morgan fingerprint density at radius 3 is 3.40 bits per heavy atom. The van der Waals surface area contributed by atoms with E-state index in [0.29, 0.717) is 0 Å². The Balaban J connectivity index is 2.60. The van der Waals surface area contributed by atoms with E-state index in [1.807, 2.05) is 0 Å². The van der Waals surface area contributed by atoms with Gasteiger partial charge in [-0.3, -0.25) is 5.43 Å². The number of aromatic nitrogens is 1. The van der Waals surface area contributed by atoms with Crippen LogP contribution in [-0.4, -0.2) is 4.98 Å². The van der Waals surface area contributed by atoms with Crippen molar-refractivity contribution in [3.8, 4) is 0 Å². The summed E-state index contributed by atoms with van der Waals surface area (Å²) >= 11 is 3.18. The van der Waals surface area contributed by atoms with Gasteiger partial charge in [0.05, 0.1) is 24.6 Å². The second-order valence-electron chi connectivity index (χ2n) is 1.76. The molecule has 0 radical (unpaired) electrons. The molecular weight excluding hydrogens is 309 g/mol. The van der Waals surface area contributed by atoms with Crippen molar-refractivity contribution in [2.45, 2.75) is 0 Å². The smallest absolute Gasteiger partial charge is 0.161 e. The molecule has 1 aromatic heterocycles. The van der Waals surface area contributed by atoms with Crippen LogP contribution in [-0.2, 0) is 0 Å². The van der Waals surface area contributed by atoms with Crippen LogP contribution in [0.1, 0.15) is 0 Å². The number of hydrogen-bond donors (Lipinski definition) is 1. The van der Waals surface area contributed by atoms with Crippen molar-refractivity contribution in [1.82, 2.24) is 4.98 Å². The molecule has 0 unspecified atom stereocenters. The highest BCUT2D eigenvalue weighted by Crippen LogP contribution is 2.29. The van der Waals surface area contributed by atoms with E-state index in [1.165, 1.54) is 3.57 Å². The number of nitrogens with zero attached hydrogens (tertiary/aromatic N) is 2. The first-order chi connectivity index (χ1) is 4.86. The summed E-state index contributed by atoms with van der Waals surface area (Å²) < 4.78 is 6.36. The largest absolute Gasteiger partial charge is 0.255 e. The summed E-state index contributed by atoms with van der Waals surface area (Å²) in [4.78, 5) is 4.13. The molecule has 0 fully saturated rings. The van der Waals surface area contributed by atoms with E-state index < -0.39 is 0 Å². The zero-order chi connectivity index (χ0) is 6.97. The summed E-state index contributed by atoms with van der Waals surface area (Å²) in [6.07, 6.45) is 1.77. The maximum absolute atomic E-state index is 4.13. The van der Waals surface area contributed by atoms with Gasteiger partial charge >= 0.3 is 0 Å². The quantitative estimate of drug-likeness (QED) is 0.748. The molecule has 0 amide bonds. The number of pyridine rings is 1. The van der Waals surface area contributed by atoms with Gasteiger partial charge in [0, 0.05) is 10.7 Å². The van der Waals surface area contributed by atoms with Gasteiger partial charge in [-0.25, -0.2) is 4.98 Å². The van der Waals surface area contributed by atoms with Crippen LogP contribution < -0.4 is 5.43 Å². The molecule has 0 saturated carbocycles. The Morgan fingerprint density at radius 1 is 1.60 bits per heavy atom. The number of fused-ring (bicyclic) bond motifs is 1. The molecule has 0 aromatic carbocycles. The molecule has 1 aromatic rings. The number of nitrogens with one attached hydrogen (secondary N) is 1. The predicted octanol–water partition coefficient (Wildman–Crippen LogP) is 2.51. The summed E-state index contributed by atoms with van der Waals surface area (Å²) in [7, 11) is 0. The maximum atomic E-state index is 4.13. The molecule has 0 saturated heterocycles. The molecule has 0 aliphatic carbocycles. The Labute approximate surface area is 76.5 Å². The normalized spacial score (nSPS) is 13.7. The van der Waals surface area contributed by atoms with Gasteiger partial charge in [0.1, 0.15) is 0 Å². The Kier molecular flexibility index (Phi) is 1.69. The predicted molar refractivity (Wildman–Crippen MR) is 50.7 cm³/mol. The average Bonchev–Trinajstić information content (AvgIpc) is 2.33. The average molecular weight is 312 g/mol. The van der Waals surface area contributed by atoms with E-state index in [4.69, 9.17) is 0 Å². The van der Waals surface area contributed by atoms with Crippen LogP contribution in [0.2, 0.25) is 0 Å². The fourth-order valence-electron chi connectivity index (χ4n) is 0.668. The third-order valence-electron chi connectivity index (χ3n) is 1.09. The monoisotopic (exact) mass is 311 g/mol. The fraction of sp³-hybridized carbons (Fsp3) is 0. The topological polar surface area (TPSA) is 37.3 Å². The third kappa shape index (κ3) is 1.07. The SMILES string of the molecule is Brc1cnc2c(c1)I=NN2. The van der Waals surface area contributed by atoms with E-state index in [0.717, 1.165) is 10.3 Å². The van der Waals surface area contributed by atoms with Gasteiger partial charge < -0.3 is 0 Å². The molecular formula is C5H3BrIN3. The lowest BCUT2D eigenvalue weighted by atomic mass is 10.5. The second-order valence-corrected chi connectivity index (χ2v) is 4.81. The first kappa shape index (κ1) is 6.66. The van der Waals surface area contributed by atoms with Crippen LogP contribution in [0.3, 0.4) is 0 Å². The molecule has 1 aliphatic heterocycles. The van der Waals surface area contributed by atoms with Crippen LogP contribution in [0, 0.1) is 3.57 Å². The molecule has 2 heterocycles. The van der Waals surface area contributed by atoms with Crippen LogP contribution in [0.15, 0.2) is 20.0 Å². The first-order valence-corrected chi connectivity index (χ1v) is 5.46. The zero-order valence-corrected chi connectivity index (χ0v) is 8.55. The standard InChI is InChI=1S/C5H3BrIN3/c6-3-1-4-5(8-2-3)9-10-7-4/h1-2H,(H,8,9). The maximum Gasteiger partial charge on any atom is 0.161 e. The van der Waals surface area contributed by atoms with Gasteiger partial charge in [-0.05, 0) is 22.0 Å². The van der Waals surface area contributed by atoms with Crippen LogP contribution in [0.25, 0.3) is 0 Å². The Hall–Kier alpha value is -0.0400. The van der Waals surface area contributed by atoms with Crippen LogP contribution in [0.4, 0.5) is 5.82 Å². The van der Waals surface area contributed by atoms with E-state index in [1.54, 1.807) is 6.20 Å². The number of anilines is 1. The summed E-state index contributed by atoms with van der Waals surface area (Å²) in [5.74, 6) is 0.927. The number of hydrogen-bond acceptors (Lipinski definition) is 3. The summed E-state index contributed by atoms with van der Waals surface area (Å²) in [5.41, 5.74) is 2.87. The van der Waals surface area contributed by atoms with Crippen LogP contribution >= 0.6 is 37.0 Å². The molecule has 0 bridgehead atoms. The van der Waals surface area contributed by atoms with Gasteiger partial charge in [0.15, 0.2) is 5.82 Å². The molecule has 1 aliphatic rings. The highest BCUT2D eigenvalue weighted by molar-refractivity contribution is 14.2. The summed E-state index contributed by atoms with van der Waals surface area (Å²) in [5, 5.41) is 0. The number of halogens is 2. The highest BCUT2D eigenvalue weighted by Gasteiger charge is 2.06. The fourth-order valence-corrected chi connectivity index (χ4v) is 3.00. The molecule has 1 N–H and O–H groups in total. The van der Waals surface area contributed by atoms with Gasteiger partial charge in [-0.1, -0.05) is 0 Å².